The lowest BCUT2D eigenvalue weighted by Gasteiger charge is -2.32. The molecule has 0 radical (unpaired) electrons. The molecule has 1 heterocycles. The second kappa shape index (κ2) is 7.08. The molecule has 1 amide bonds. The predicted molar refractivity (Wildman–Crippen MR) is 75.5 cm³/mol. The third-order valence-corrected chi connectivity index (χ3v) is 3.25. The minimum atomic E-state index is -0.927. The van der Waals surface area contributed by atoms with Crippen LogP contribution in [0.2, 0.25) is 0 Å². The maximum absolute atomic E-state index is 12.6. The summed E-state index contributed by atoms with van der Waals surface area (Å²) in [6.07, 6.45) is -0.559. The molecule has 0 unspecified atom stereocenters. The number of ether oxygens (including phenoxy) is 2. The van der Waals surface area contributed by atoms with Crippen molar-refractivity contribution >= 4 is 11.9 Å². The smallest absolute Gasteiger partial charge is 0.306 e. The van der Waals surface area contributed by atoms with E-state index in [0.717, 1.165) is 0 Å². The van der Waals surface area contributed by atoms with Gasteiger partial charge in [-0.25, -0.2) is 0 Å². The third-order valence-electron chi connectivity index (χ3n) is 3.25. The van der Waals surface area contributed by atoms with Gasteiger partial charge < -0.3 is 19.5 Å². The Hall–Kier alpha value is -2.08. The van der Waals surface area contributed by atoms with Crippen molar-refractivity contribution < 1.29 is 24.2 Å². The maximum Gasteiger partial charge on any atom is 0.306 e. The number of carbonyl (C=O) groups excluding carboxylic acids is 1. The monoisotopic (exact) mass is 293 g/mol. The average molecular weight is 293 g/mol. The summed E-state index contributed by atoms with van der Waals surface area (Å²) in [5.41, 5.74) is 0.496. The highest BCUT2D eigenvalue weighted by molar-refractivity contribution is 5.97. The molecule has 1 aliphatic rings. The standard InChI is InChI=1S/C15H19NO5/c1-2-20-13-6-4-3-5-12(13)15(19)16-7-8-21-11(10-16)9-14(17)18/h3-6,11H,2,7-10H2,1H3,(H,17,18)/t11-/m1/s1. The molecule has 1 fully saturated rings. The minimum Gasteiger partial charge on any atom is -0.493 e. The summed E-state index contributed by atoms with van der Waals surface area (Å²) >= 11 is 0. The van der Waals surface area contributed by atoms with Gasteiger partial charge in [0.1, 0.15) is 5.75 Å². The Labute approximate surface area is 123 Å². The predicted octanol–water partition coefficient (Wildman–Crippen LogP) is 1.40. The van der Waals surface area contributed by atoms with Crippen molar-refractivity contribution in [2.24, 2.45) is 0 Å². The molecule has 1 aromatic carbocycles. The highest BCUT2D eigenvalue weighted by atomic mass is 16.5. The van der Waals surface area contributed by atoms with Gasteiger partial charge in [0, 0.05) is 13.1 Å². The SMILES string of the molecule is CCOc1ccccc1C(=O)N1CCO[C@H](CC(=O)O)C1. The summed E-state index contributed by atoms with van der Waals surface area (Å²) in [6.45, 7) is 3.43. The van der Waals surface area contributed by atoms with E-state index in [1.807, 2.05) is 13.0 Å². The molecule has 1 saturated heterocycles. The Balaban J connectivity index is 2.10. The zero-order chi connectivity index (χ0) is 15.2. The molecule has 0 saturated carbocycles. The van der Waals surface area contributed by atoms with Gasteiger partial charge in [0.25, 0.3) is 5.91 Å². The van der Waals surface area contributed by atoms with Gasteiger partial charge in [-0.15, -0.1) is 0 Å². The van der Waals surface area contributed by atoms with Crippen LogP contribution in [0.5, 0.6) is 5.75 Å². The van der Waals surface area contributed by atoms with Crippen LogP contribution in [0, 0.1) is 0 Å². The number of hydrogen-bond donors (Lipinski definition) is 1. The minimum absolute atomic E-state index is 0.100. The van der Waals surface area contributed by atoms with Crippen LogP contribution >= 0.6 is 0 Å². The van der Waals surface area contributed by atoms with Crippen LogP contribution in [0.1, 0.15) is 23.7 Å². The van der Waals surface area contributed by atoms with Crippen LogP contribution in [0.25, 0.3) is 0 Å². The summed E-state index contributed by atoms with van der Waals surface area (Å²) < 4.78 is 10.8. The number of rotatable bonds is 5. The van der Waals surface area contributed by atoms with E-state index < -0.39 is 12.1 Å². The molecule has 1 N–H and O–H groups in total. The molecule has 6 heteroatoms. The van der Waals surface area contributed by atoms with E-state index in [1.165, 1.54) is 0 Å². The fourth-order valence-corrected chi connectivity index (χ4v) is 2.32. The van der Waals surface area contributed by atoms with E-state index >= 15 is 0 Å². The average Bonchev–Trinajstić information content (AvgIpc) is 2.47. The molecule has 114 valence electrons. The van der Waals surface area contributed by atoms with E-state index in [0.29, 0.717) is 31.1 Å². The summed E-state index contributed by atoms with van der Waals surface area (Å²) in [5.74, 6) is -0.534. The number of hydrogen-bond acceptors (Lipinski definition) is 4. The second-order valence-electron chi connectivity index (χ2n) is 4.77. The number of carbonyl (C=O) groups is 2. The summed E-state index contributed by atoms with van der Waals surface area (Å²) in [5, 5.41) is 8.82. The van der Waals surface area contributed by atoms with Gasteiger partial charge in [0.05, 0.1) is 31.3 Å². The Bertz CT molecular complexity index is 517. The van der Waals surface area contributed by atoms with Crippen LogP contribution in [-0.4, -0.2) is 54.3 Å². The molecule has 1 aliphatic heterocycles. The van der Waals surface area contributed by atoms with Crippen LogP contribution in [0.3, 0.4) is 0 Å². The van der Waals surface area contributed by atoms with Crippen molar-refractivity contribution in [1.29, 1.82) is 0 Å². The molecule has 6 nitrogen and oxygen atoms in total. The number of para-hydroxylation sites is 1. The normalized spacial score (nSPS) is 18.3. The lowest BCUT2D eigenvalue weighted by Crippen LogP contribution is -2.46. The summed E-state index contributed by atoms with van der Waals surface area (Å²) in [7, 11) is 0. The molecule has 0 bridgehead atoms. The zero-order valence-electron chi connectivity index (χ0n) is 11.9. The number of morpholine rings is 1. The third kappa shape index (κ3) is 3.95. The van der Waals surface area contributed by atoms with E-state index in [1.54, 1.807) is 23.1 Å². The van der Waals surface area contributed by atoms with Crippen LogP contribution in [-0.2, 0) is 9.53 Å². The van der Waals surface area contributed by atoms with Crippen molar-refractivity contribution in [3.8, 4) is 5.75 Å². The van der Waals surface area contributed by atoms with Gasteiger partial charge in [0.2, 0.25) is 0 Å². The van der Waals surface area contributed by atoms with Gasteiger partial charge >= 0.3 is 5.97 Å². The molecule has 21 heavy (non-hydrogen) atoms. The van der Waals surface area contributed by atoms with Crippen LogP contribution in [0.4, 0.5) is 0 Å². The Morgan fingerprint density at radius 3 is 2.90 bits per heavy atom. The van der Waals surface area contributed by atoms with Gasteiger partial charge in [-0.1, -0.05) is 12.1 Å². The topological polar surface area (TPSA) is 76.1 Å². The number of carboxylic acids is 1. The zero-order valence-corrected chi connectivity index (χ0v) is 11.9. The number of amides is 1. The first kappa shape index (κ1) is 15.3. The molecule has 0 aliphatic carbocycles. The first-order valence-corrected chi connectivity index (χ1v) is 6.96. The molecule has 1 atom stereocenters. The van der Waals surface area contributed by atoms with Crippen molar-refractivity contribution in [2.45, 2.75) is 19.4 Å². The number of nitrogens with zero attached hydrogens (tertiary/aromatic N) is 1. The van der Waals surface area contributed by atoms with Crippen molar-refractivity contribution in [2.75, 3.05) is 26.3 Å². The summed E-state index contributed by atoms with van der Waals surface area (Å²) in [6, 6.07) is 7.07. The van der Waals surface area contributed by atoms with E-state index in [4.69, 9.17) is 14.6 Å². The second-order valence-corrected chi connectivity index (χ2v) is 4.77. The Kier molecular flexibility index (Phi) is 5.16. The maximum atomic E-state index is 12.6. The van der Waals surface area contributed by atoms with Crippen molar-refractivity contribution in [1.82, 2.24) is 4.90 Å². The van der Waals surface area contributed by atoms with E-state index in [2.05, 4.69) is 0 Å². The lowest BCUT2D eigenvalue weighted by molar-refractivity contribution is -0.141. The molecule has 2 rings (SSSR count). The van der Waals surface area contributed by atoms with Gasteiger partial charge in [-0.05, 0) is 19.1 Å². The van der Waals surface area contributed by atoms with Crippen LogP contribution in [0.15, 0.2) is 24.3 Å². The lowest BCUT2D eigenvalue weighted by atomic mass is 10.1. The molecule has 1 aromatic rings. The number of carboxylic acid groups (broad SMARTS) is 1. The summed E-state index contributed by atoms with van der Waals surface area (Å²) in [4.78, 5) is 24.9. The fraction of sp³-hybridized carbons (Fsp3) is 0.467. The molecular weight excluding hydrogens is 274 g/mol. The molecule has 0 aromatic heterocycles. The van der Waals surface area contributed by atoms with Crippen LogP contribution < -0.4 is 4.74 Å². The fourth-order valence-electron chi connectivity index (χ4n) is 2.32. The van der Waals surface area contributed by atoms with Gasteiger partial charge in [0.15, 0.2) is 0 Å². The Morgan fingerprint density at radius 2 is 2.19 bits per heavy atom. The first-order valence-electron chi connectivity index (χ1n) is 6.96. The van der Waals surface area contributed by atoms with E-state index in [-0.39, 0.29) is 18.9 Å². The quantitative estimate of drug-likeness (QED) is 0.888. The Morgan fingerprint density at radius 1 is 1.43 bits per heavy atom. The van der Waals surface area contributed by atoms with E-state index in [9.17, 15) is 9.59 Å². The highest BCUT2D eigenvalue weighted by Crippen LogP contribution is 2.21. The number of benzene rings is 1. The largest absolute Gasteiger partial charge is 0.493 e. The number of aliphatic carboxylic acids is 1. The van der Waals surface area contributed by atoms with Crippen molar-refractivity contribution in [3.05, 3.63) is 29.8 Å². The van der Waals surface area contributed by atoms with Crippen molar-refractivity contribution in [3.63, 3.8) is 0 Å². The van der Waals surface area contributed by atoms with Gasteiger partial charge in [-0.2, -0.15) is 0 Å². The van der Waals surface area contributed by atoms with Gasteiger partial charge in [-0.3, -0.25) is 9.59 Å². The highest BCUT2D eigenvalue weighted by Gasteiger charge is 2.27. The first-order chi connectivity index (χ1) is 10.1. The molecular formula is C15H19NO5. The molecule has 0 spiro atoms.